The van der Waals surface area contributed by atoms with Gasteiger partial charge in [0.1, 0.15) is 12.6 Å². The average Bonchev–Trinajstić information content (AvgIpc) is 3.41. The van der Waals surface area contributed by atoms with Gasteiger partial charge in [0.25, 0.3) is 0 Å². The largest absolute Gasteiger partial charge is 0.480 e. The van der Waals surface area contributed by atoms with Gasteiger partial charge in [-0.1, -0.05) is 30.3 Å². The summed E-state index contributed by atoms with van der Waals surface area (Å²) in [4.78, 5) is 59.4. The van der Waals surface area contributed by atoms with E-state index in [-0.39, 0.29) is 43.9 Å². The molecule has 0 bridgehead atoms. The van der Waals surface area contributed by atoms with Crippen LogP contribution in [0.25, 0.3) is 0 Å². The highest BCUT2D eigenvalue weighted by Gasteiger charge is 2.29. The van der Waals surface area contributed by atoms with Crippen LogP contribution in [0, 0.1) is 5.92 Å². The summed E-state index contributed by atoms with van der Waals surface area (Å²) in [6.45, 7) is 2.19. The van der Waals surface area contributed by atoms with E-state index >= 15 is 0 Å². The zero-order chi connectivity index (χ0) is 25.8. The zero-order valence-corrected chi connectivity index (χ0v) is 19.9. The third-order valence-corrected chi connectivity index (χ3v) is 5.76. The highest BCUT2D eigenvalue weighted by Crippen LogP contribution is 2.18. The Morgan fingerprint density at radius 2 is 1.92 bits per heavy atom. The maximum atomic E-state index is 12.5. The molecule has 3 rings (SSSR count). The molecular weight excluding hydrogens is 472 g/mol. The predicted molar refractivity (Wildman–Crippen MR) is 128 cm³/mol. The molecule has 1 fully saturated rings. The van der Waals surface area contributed by atoms with Gasteiger partial charge in [-0.05, 0) is 18.4 Å². The number of aliphatic carboxylic acids is 1. The van der Waals surface area contributed by atoms with Crippen LogP contribution in [0.3, 0.4) is 0 Å². The standard InChI is InChI=1S/C23H32N6O7/c30-19(8-13-36-28-22-24-9-10-25-22)29-11-6-17(7-12-29)20(31)26-14-18(21(32)33)27-23(34)35-15-16-4-2-1-3-5-16/h1-5,17-18H,6-15H2,(H,26,31)(H,27,34)(H,32,33)(H2,24,25,28). The molecule has 0 radical (unpaired) electrons. The van der Waals surface area contributed by atoms with E-state index in [9.17, 15) is 24.3 Å². The summed E-state index contributed by atoms with van der Waals surface area (Å²) in [6.07, 6.45) is 0.228. The zero-order valence-electron chi connectivity index (χ0n) is 19.9. The van der Waals surface area contributed by atoms with E-state index in [4.69, 9.17) is 9.57 Å². The van der Waals surface area contributed by atoms with E-state index in [1.165, 1.54) is 0 Å². The summed E-state index contributed by atoms with van der Waals surface area (Å²) >= 11 is 0. The molecule has 1 saturated heterocycles. The second-order valence-electron chi connectivity index (χ2n) is 8.35. The Kier molecular flexibility index (Phi) is 10.3. The molecule has 196 valence electrons. The van der Waals surface area contributed by atoms with Crippen LogP contribution in [0.4, 0.5) is 4.79 Å². The van der Waals surface area contributed by atoms with Crippen molar-refractivity contribution in [3.63, 3.8) is 0 Å². The molecule has 2 heterocycles. The van der Waals surface area contributed by atoms with Crippen LogP contribution in [0.1, 0.15) is 24.8 Å². The molecule has 36 heavy (non-hydrogen) atoms. The quantitative estimate of drug-likeness (QED) is 0.198. The molecule has 0 spiro atoms. The summed E-state index contributed by atoms with van der Waals surface area (Å²) < 4.78 is 5.04. The van der Waals surface area contributed by atoms with E-state index < -0.39 is 18.1 Å². The van der Waals surface area contributed by atoms with Gasteiger partial charge < -0.3 is 30.7 Å². The number of amides is 3. The van der Waals surface area contributed by atoms with Crippen LogP contribution in [0.15, 0.2) is 35.3 Å². The molecule has 2 aliphatic rings. The second-order valence-corrected chi connectivity index (χ2v) is 8.35. The minimum atomic E-state index is -1.34. The molecule has 1 aromatic carbocycles. The van der Waals surface area contributed by atoms with Crippen LogP contribution >= 0.6 is 0 Å². The van der Waals surface area contributed by atoms with Crippen molar-refractivity contribution in [2.24, 2.45) is 10.9 Å². The van der Waals surface area contributed by atoms with Crippen molar-refractivity contribution in [3.05, 3.63) is 35.9 Å². The van der Waals surface area contributed by atoms with Gasteiger partial charge in [-0.2, -0.15) is 0 Å². The number of carbonyl (C=O) groups excluding carboxylic acids is 3. The van der Waals surface area contributed by atoms with Gasteiger partial charge >= 0.3 is 12.1 Å². The number of guanidine groups is 1. The number of alkyl carbamates (subject to hydrolysis) is 1. The summed E-state index contributed by atoms with van der Waals surface area (Å²) in [7, 11) is 0. The lowest BCUT2D eigenvalue weighted by molar-refractivity contribution is -0.140. The van der Waals surface area contributed by atoms with Crippen LogP contribution in [0.2, 0.25) is 0 Å². The number of hydroxylamine groups is 1. The number of ether oxygens (including phenoxy) is 1. The Morgan fingerprint density at radius 1 is 1.17 bits per heavy atom. The molecule has 1 atom stereocenters. The lowest BCUT2D eigenvalue weighted by atomic mass is 9.95. The fraction of sp³-hybridized carbons (Fsp3) is 0.522. The number of rotatable bonds is 11. The van der Waals surface area contributed by atoms with Gasteiger partial charge in [-0.15, -0.1) is 0 Å². The highest BCUT2D eigenvalue weighted by molar-refractivity contribution is 5.83. The Balaban J connectivity index is 1.32. The third kappa shape index (κ3) is 8.73. The number of carboxylic acids is 1. The van der Waals surface area contributed by atoms with E-state index in [0.717, 1.165) is 12.1 Å². The van der Waals surface area contributed by atoms with Crippen molar-refractivity contribution >= 4 is 29.8 Å². The number of nitrogens with one attached hydrogen (secondary N) is 4. The van der Waals surface area contributed by atoms with Crippen LogP contribution < -0.4 is 21.4 Å². The number of aliphatic imine (C=N–C) groups is 1. The fourth-order valence-electron chi connectivity index (χ4n) is 3.73. The first-order valence-electron chi connectivity index (χ1n) is 11.8. The number of likely N-dealkylation sites (tertiary alicyclic amines) is 1. The Hall–Kier alpha value is -3.87. The second kappa shape index (κ2) is 13.9. The van der Waals surface area contributed by atoms with Crippen molar-refractivity contribution in [2.75, 3.05) is 39.3 Å². The first-order valence-corrected chi connectivity index (χ1v) is 11.8. The third-order valence-electron chi connectivity index (χ3n) is 5.76. The topological polar surface area (TPSA) is 171 Å². The molecular formula is C23H32N6O7. The summed E-state index contributed by atoms with van der Waals surface area (Å²) in [5, 5.41) is 17.2. The minimum absolute atomic E-state index is 0.00218. The van der Waals surface area contributed by atoms with E-state index in [0.29, 0.717) is 38.4 Å². The Bertz CT molecular complexity index is 934. The highest BCUT2D eigenvalue weighted by atomic mass is 16.6. The van der Waals surface area contributed by atoms with E-state index in [1.807, 2.05) is 6.07 Å². The number of carboxylic acid groups (broad SMARTS) is 1. The number of hydrogen-bond acceptors (Lipinski definition) is 9. The number of piperidine rings is 1. The van der Waals surface area contributed by atoms with Gasteiger partial charge in [0.05, 0.1) is 19.6 Å². The number of nitrogens with zero attached hydrogens (tertiary/aromatic N) is 2. The van der Waals surface area contributed by atoms with Crippen molar-refractivity contribution in [3.8, 4) is 0 Å². The first-order chi connectivity index (χ1) is 17.4. The monoisotopic (exact) mass is 504 g/mol. The molecule has 0 aromatic heterocycles. The van der Waals surface area contributed by atoms with E-state index in [1.54, 1.807) is 29.2 Å². The number of hydrogen-bond donors (Lipinski definition) is 5. The first kappa shape index (κ1) is 26.7. The van der Waals surface area contributed by atoms with Crippen LogP contribution in [0.5, 0.6) is 0 Å². The van der Waals surface area contributed by atoms with Gasteiger partial charge in [0.2, 0.25) is 17.8 Å². The van der Waals surface area contributed by atoms with E-state index in [2.05, 4.69) is 26.4 Å². The molecule has 1 unspecified atom stereocenters. The van der Waals surface area contributed by atoms with Crippen molar-refractivity contribution in [2.45, 2.75) is 31.9 Å². The Morgan fingerprint density at radius 3 is 2.58 bits per heavy atom. The SMILES string of the molecule is O=C(NC(CNC(=O)C1CCN(C(=O)CCONC2=NCCN2)CC1)C(=O)O)OCc1ccccc1. The van der Waals surface area contributed by atoms with Crippen molar-refractivity contribution in [1.82, 2.24) is 26.3 Å². The predicted octanol–water partition coefficient (Wildman–Crippen LogP) is -0.409. The molecule has 1 aromatic rings. The average molecular weight is 505 g/mol. The van der Waals surface area contributed by atoms with Crippen LogP contribution in [-0.2, 0) is 30.6 Å². The lowest BCUT2D eigenvalue weighted by Crippen LogP contribution is -2.50. The summed E-state index contributed by atoms with van der Waals surface area (Å²) in [5.74, 6) is -1.47. The van der Waals surface area contributed by atoms with Crippen LogP contribution in [-0.4, -0.2) is 85.2 Å². The maximum absolute atomic E-state index is 12.5. The van der Waals surface area contributed by atoms with Crippen molar-refractivity contribution < 1.29 is 33.9 Å². The molecule has 13 heteroatoms. The van der Waals surface area contributed by atoms with Gasteiger partial charge in [-0.25, -0.2) is 20.1 Å². The number of carbonyl (C=O) groups is 4. The molecule has 3 amide bonds. The van der Waals surface area contributed by atoms with Gasteiger partial charge in [0, 0.05) is 32.1 Å². The fourth-order valence-corrected chi connectivity index (χ4v) is 3.73. The molecule has 13 nitrogen and oxygen atoms in total. The summed E-state index contributed by atoms with van der Waals surface area (Å²) in [6, 6.07) is 7.63. The maximum Gasteiger partial charge on any atom is 0.408 e. The van der Waals surface area contributed by atoms with Gasteiger partial charge in [0.15, 0.2) is 0 Å². The van der Waals surface area contributed by atoms with Crippen molar-refractivity contribution in [1.29, 1.82) is 0 Å². The lowest BCUT2D eigenvalue weighted by Gasteiger charge is -2.31. The minimum Gasteiger partial charge on any atom is -0.480 e. The molecule has 2 aliphatic heterocycles. The summed E-state index contributed by atoms with van der Waals surface area (Å²) in [5.41, 5.74) is 3.42. The molecule has 0 saturated carbocycles. The Labute approximate surface area is 208 Å². The van der Waals surface area contributed by atoms with Gasteiger partial charge in [-0.3, -0.25) is 14.4 Å². The molecule has 5 N–H and O–H groups in total. The smallest absolute Gasteiger partial charge is 0.408 e. The normalized spacial score (nSPS) is 16.3. The molecule has 0 aliphatic carbocycles. The number of benzene rings is 1.